The molecule has 0 radical (unpaired) electrons. The highest BCUT2D eigenvalue weighted by Crippen LogP contribution is 2.27. The summed E-state index contributed by atoms with van der Waals surface area (Å²) in [6, 6.07) is -0.763. The molecule has 3 aromatic heterocycles. The minimum Gasteiger partial charge on any atom is -0.477 e. The molecule has 0 aliphatic rings. The predicted octanol–water partition coefficient (Wildman–Crippen LogP) is 2.51. The molecule has 0 aliphatic heterocycles. The fourth-order valence-electron chi connectivity index (χ4n) is 2.55. The van der Waals surface area contributed by atoms with Gasteiger partial charge in [0.2, 0.25) is 5.91 Å². The number of rotatable bonds is 5. The van der Waals surface area contributed by atoms with Crippen LogP contribution in [0, 0.1) is 6.92 Å². The number of carboxylic acid groups (broad SMARTS) is 1. The van der Waals surface area contributed by atoms with Gasteiger partial charge in [-0.3, -0.25) is 14.2 Å². The second kappa shape index (κ2) is 6.73. The van der Waals surface area contributed by atoms with Gasteiger partial charge in [-0.1, -0.05) is 6.92 Å². The summed E-state index contributed by atoms with van der Waals surface area (Å²) in [5.41, 5.74) is -0.0538. The van der Waals surface area contributed by atoms with Crippen molar-refractivity contribution in [3.05, 3.63) is 38.7 Å². The molecule has 2 N–H and O–H groups in total. The van der Waals surface area contributed by atoms with Gasteiger partial charge in [0.05, 0.1) is 11.7 Å². The van der Waals surface area contributed by atoms with E-state index in [1.807, 2.05) is 0 Å². The second-order valence-corrected chi connectivity index (χ2v) is 7.14. The molecule has 8 nitrogen and oxygen atoms in total. The van der Waals surface area contributed by atoms with Crippen LogP contribution in [-0.2, 0) is 4.79 Å². The Morgan fingerprint density at radius 3 is 2.76 bits per heavy atom. The Bertz CT molecular complexity index is 1010. The first-order valence-corrected chi connectivity index (χ1v) is 9.07. The monoisotopic (exact) mass is 378 g/mol. The highest BCUT2D eigenvalue weighted by molar-refractivity contribution is 7.20. The Morgan fingerprint density at radius 2 is 2.16 bits per heavy atom. The largest absolute Gasteiger partial charge is 0.477 e. The molecular weight excluding hydrogens is 364 g/mol. The molecule has 3 heterocycles. The van der Waals surface area contributed by atoms with Gasteiger partial charge in [0.25, 0.3) is 5.56 Å². The predicted molar refractivity (Wildman–Crippen MR) is 95.6 cm³/mol. The number of hydrogen-bond acceptors (Lipinski definition) is 7. The maximum atomic E-state index is 12.8. The van der Waals surface area contributed by atoms with Crippen LogP contribution in [0.3, 0.4) is 0 Å². The van der Waals surface area contributed by atoms with Crippen LogP contribution in [0.5, 0.6) is 0 Å². The number of carbonyl (C=O) groups is 2. The Labute approximate surface area is 149 Å². The average molecular weight is 378 g/mol. The molecule has 0 bridgehead atoms. The number of aryl methyl sites for hydroxylation is 1. The molecule has 0 saturated carbocycles. The van der Waals surface area contributed by atoms with Crippen molar-refractivity contribution in [3.63, 3.8) is 0 Å². The molecular formula is C15H14N4O4S2. The molecule has 0 spiro atoms. The third-order valence-electron chi connectivity index (χ3n) is 3.76. The van der Waals surface area contributed by atoms with Gasteiger partial charge < -0.3 is 10.4 Å². The van der Waals surface area contributed by atoms with Gasteiger partial charge in [-0.05, 0) is 18.9 Å². The van der Waals surface area contributed by atoms with Gasteiger partial charge >= 0.3 is 5.97 Å². The van der Waals surface area contributed by atoms with Gasteiger partial charge in [0, 0.05) is 11.6 Å². The Morgan fingerprint density at radius 1 is 1.40 bits per heavy atom. The van der Waals surface area contributed by atoms with Crippen molar-refractivity contribution in [1.82, 2.24) is 14.5 Å². The van der Waals surface area contributed by atoms with E-state index in [9.17, 15) is 19.5 Å². The second-order valence-electron chi connectivity index (χ2n) is 5.25. The third kappa shape index (κ3) is 3.05. The first-order chi connectivity index (χ1) is 11.9. The SMILES string of the molecule is CCC(C(=O)Nc1nccs1)n1cnc2sc(C(=O)O)c(C)c2c1=O. The third-order valence-corrected chi connectivity index (χ3v) is 5.63. The van der Waals surface area contributed by atoms with Crippen molar-refractivity contribution in [2.45, 2.75) is 26.3 Å². The van der Waals surface area contributed by atoms with Crippen LogP contribution in [0.2, 0.25) is 0 Å². The Hall–Kier alpha value is -2.59. The number of thiophene rings is 1. The number of aromatic carboxylic acids is 1. The maximum absolute atomic E-state index is 12.8. The van der Waals surface area contributed by atoms with E-state index in [0.29, 0.717) is 21.9 Å². The summed E-state index contributed by atoms with van der Waals surface area (Å²) < 4.78 is 1.25. The van der Waals surface area contributed by atoms with Crippen molar-refractivity contribution >= 4 is 49.9 Å². The average Bonchev–Trinajstić information content (AvgIpc) is 3.18. The van der Waals surface area contributed by atoms with E-state index in [-0.39, 0.29) is 16.2 Å². The van der Waals surface area contributed by atoms with E-state index in [1.54, 1.807) is 25.4 Å². The lowest BCUT2D eigenvalue weighted by Gasteiger charge is -2.16. The summed E-state index contributed by atoms with van der Waals surface area (Å²) in [5, 5.41) is 14.3. The van der Waals surface area contributed by atoms with Crippen molar-refractivity contribution in [3.8, 4) is 0 Å². The number of carbonyl (C=O) groups excluding carboxylic acids is 1. The van der Waals surface area contributed by atoms with E-state index in [1.165, 1.54) is 22.2 Å². The lowest BCUT2D eigenvalue weighted by molar-refractivity contribution is -0.119. The molecule has 0 fully saturated rings. The summed E-state index contributed by atoms with van der Waals surface area (Å²) >= 11 is 2.23. The molecule has 0 aromatic carbocycles. The molecule has 10 heteroatoms. The van der Waals surface area contributed by atoms with Gasteiger partial charge in [-0.25, -0.2) is 14.8 Å². The number of thiazole rings is 1. The fourth-order valence-corrected chi connectivity index (χ4v) is 4.06. The standard InChI is InChI=1S/C15H14N4O4S2/c1-3-8(11(20)18-15-16-4-5-24-15)19-6-17-12-9(13(19)21)7(2)10(25-12)14(22)23/h4-6,8H,3H2,1-2H3,(H,22,23)(H,16,18,20). The summed E-state index contributed by atoms with van der Waals surface area (Å²) in [6.45, 7) is 3.36. The van der Waals surface area contributed by atoms with Crippen molar-refractivity contribution in [2.24, 2.45) is 0 Å². The Balaban J connectivity index is 2.06. The molecule has 1 atom stereocenters. The van der Waals surface area contributed by atoms with Crippen LogP contribution in [-0.4, -0.2) is 31.5 Å². The number of fused-ring (bicyclic) bond motifs is 1. The van der Waals surface area contributed by atoms with E-state index < -0.39 is 17.6 Å². The van der Waals surface area contributed by atoms with Crippen molar-refractivity contribution in [2.75, 3.05) is 5.32 Å². The first-order valence-electron chi connectivity index (χ1n) is 7.38. The lowest BCUT2D eigenvalue weighted by Crippen LogP contribution is -2.33. The zero-order valence-corrected chi connectivity index (χ0v) is 15.0. The fraction of sp³-hybridized carbons (Fsp3) is 0.267. The van der Waals surface area contributed by atoms with Gasteiger partial charge in [0.1, 0.15) is 15.7 Å². The zero-order valence-electron chi connectivity index (χ0n) is 13.3. The molecule has 3 rings (SSSR count). The smallest absolute Gasteiger partial charge is 0.346 e. The maximum Gasteiger partial charge on any atom is 0.346 e. The highest BCUT2D eigenvalue weighted by atomic mass is 32.1. The first kappa shape index (κ1) is 17.2. The van der Waals surface area contributed by atoms with Crippen LogP contribution in [0.1, 0.15) is 34.6 Å². The summed E-state index contributed by atoms with van der Waals surface area (Å²) in [4.78, 5) is 45.2. The molecule has 3 aromatic rings. The number of amides is 1. The summed E-state index contributed by atoms with van der Waals surface area (Å²) in [7, 11) is 0. The van der Waals surface area contributed by atoms with E-state index in [2.05, 4.69) is 15.3 Å². The van der Waals surface area contributed by atoms with Gasteiger partial charge in [0.15, 0.2) is 5.13 Å². The van der Waals surface area contributed by atoms with Crippen LogP contribution in [0.4, 0.5) is 5.13 Å². The molecule has 1 unspecified atom stereocenters. The van der Waals surface area contributed by atoms with Crippen molar-refractivity contribution < 1.29 is 14.7 Å². The van der Waals surface area contributed by atoms with E-state index in [0.717, 1.165) is 11.3 Å². The number of nitrogens with zero attached hydrogens (tertiary/aromatic N) is 3. The van der Waals surface area contributed by atoms with Crippen LogP contribution in [0.15, 0.2) is 22.7 Å². The van der Waals surface area contributed by atoms with Gasteiger partial charge in [-0.2, -0.15) is 0 Å². The van der Waals surface area contributed by atoms with Crippen LogP contribution < -0.4 is 10.9 Å². The lowest BCUT2D eigenvalue weighted by atomic mass is 10.2. The molecule has 25 heavy (non-hydrogen) atoms. The minimum absolute atomic E-state index is 0.0811. The number of anilines is 1. The highest BCUT2D eigenvalue weighted by Gasteiger charge is 2.24. The van der Waals surface area contributed by atoms with E-state index >= 15 is 0 Å². The topological polar surface area (TPSA) is 114 Å². The van der Waals surface area contributed by atoms with E-state index in [4.69, 9.17) is 0 Å². The normalized spacial score (nSPS) is 12.2. The summed E-state index contributed by atoms with van der Waals surface area (Å²) in [6.07, 6.45) is 3.24. The minimum atomic E-state index is -1.10. The van der Waals surface area contributed by atoms with Crippen LogP contribution >= 0.6 is 22.7 Å². The number of carboxylic acids is 1. The molecule has 0 saturated heterocycles. The van der Waals surface area contributed by atoms with Gasteiger partial charge in [-0.15, -0.1) is 22.7 Å². The van der Waals surface area contributed by atoms with Crippen LogP contribution in [0.25, 0.3) is 10.2 Å². The Kier molecular flexibility index (Phi) is 4.64. The number of hydrogen-bond donors (Lipinski definition) is 2. The number of aromatic nitrogens is 3. The van der Waals surface area contributed by atoms with Crippen molar-refractivity contribution in [1.29, 1.82) is 0 Å². The molecule has 0 aliphatic carbocycles. The number of nitrogens with one attached hydrogen (secondary N) is 1. The quantitative estimate of drug-likeness (QED) is 0.705. The molecule has 130 valence electrons. The molecule has 1 amide bonds. The summed E-state index contributed by atoms with van der Waals surface area (Å²) in [5.74, 6) is -1.47. The zero-order chi connectivity index (χ0) is 18.1.